The van der Waals surface area contributed by atoms with Gasteiger partial charge in [-0.25, -0.2) is 0 Å². The van der Waals surface area contributed by atoms with E-state index < -0.39 is 5.60 Å². The Kier molecular flexibility index (Phi) is 3.24. The number of benzene rings is 1. The molecule has 0 aromatic heterocycles. The van der Waals surface area contributed by atoms with Crippen LogP contribution in [-0.4, -0.2) is 16.7 Å². The van der Waals surface area contributed by atoms with Crippen LogP contribution in [0, 0.1) is 0 Å². The lowest BCUT2D eigenvalue weighted by Gasteiger charge is -2.26. The quantitative estimate of drug-likeness (QED) is 0.832. The molecule has 1 unspecified atom stereocenters. The van der Waals surface area contributed by atoms with Crippen molar-refractivity contribution in [2.45, 2.75) is 44.4 Å². The Morgan fingerprint density at radius 2 is 2.12 bits per heavy atom. The summed E-state index contributed by atoms with van der Waals surface area (Å²) in [7, 11) is 0. The first-order valence-electron chi connectivity index (χ1n) is 5.71. The van der Waals surface area contributed by atoms with Crippen LogP contribution in [0.25, 0.3) is 0 Å². The molecule has 1 aliphatic rings. The minimum absolute atomic E-state index is 0.163. The van der Waals surface area contributed by atoms with Gasteiger partial charge in [-0.3, -0.25) is 0 Å². The minimum Gasteiger partial charge on any atom is -0.389 e. The lowest BCUT2D eigenvalue weighted by molar-refractivity contribution is 0.0432. The second kappa shape index (κ2) is 4.36. The summed E-state index contributed by atoms with van der Waals surface area (Å²) >= 11 is 5.97. The summed E-state index contributed by atoms with van der Waals surface area (Å²) in [5, 5.41) is 14.2. The molecule has 2 N–H and O–H groups in total. The molecule has 0 saturated carbocycles. The highest BCUT2D eigenvalue weighted by molar-refractivity contribution is 6.30. The van der Waals surface area contributed by atoms with E-state index in [0.29, 0.717) is 6.04 Å². The first kappa shape index (κ1) is 11.9. The zero-order chi connectivity index (χ0) is 11.8. The van der Waals surface area contributed by atoms with Gasteiger partial charge in [-0.1, -0.05) is 23.7 Å². The molecule has 0 spiro atoms. The fourth-order valence-electron chi connectivity index (χ4n) is 2.29. The fourth-order valence-corrected chi connectivity index (χ4v) is 2.48. The number of hydrogen-bond donors (Lipinski definition) is 2. The molecule has 2 atom stereocenters. The van der Waals surface area contributed by atoms with Crippen LogP contribution in [0.4, 0.5) is 0 Å². The van der Waals surface area contributed by atoms with Gasteiger partial charge in [0, 0.05) is 17.1 Å². The summed E-state index contributed by atoms with van der Waals surface area (Å²) in [5.74, 6) is 0. The van der Waals surface area contributed by atoms with E-state index in [9.17, 15) is 5.11 Å². The third kappa shape index (κ3) is 2.57. The van der Waals surface area contributed by atoms with Crippen molar-refractivity contribution in [3.63, 3.8) is 0 Å². The summed E-state index contributed by atoms with van der Waals surface area (Å²) in [5.41, 5.74) is 0.548. The Balaban J connectivity index is 2.09. The van der Waals surface area contributed by atoms with E-state index in [4.69, 9.17) is 11.6 Å². The van der Waals surface area contributed by atoms with Crippen molar-refractivity contribution in [2.75, 3.05) is 0 Å². The number of halogens is 1. The highest BCUT2D eigenvalue weighted by atomic mass is 35.5. The van der Waals surface area contributed by atoms with Crippen molar-refractivity contribution < 1.29 is 5.11 Å². The fraction of sp³-hybridized carbons (Fsp3) is 0.538. The Labute approximate surface area is 102 Å². The van der Waals surface area contributed by atoms with Crippen LogP contribution >= 0.6 is 11.6 Å². The molecular weight excluding hydrogens is 222 g/mol. The van der Waals surface area contributed by atoms with Gasteiger partial charge in [-0.15, -0.1) is 0 Å². The highest BCUT2D eigenvalue weighted by Gasteiger charge is 2.34. The monoisotopic (exact) mass is 239 g/mol. The summed E-state index contributed by atoms with van der Waals surface area (Å²) in [6, 6.07) is 8.40. The van der Waals surface area contributed by atoms with Gasteiger partial charge in [0.25, 0.3) is 0 Å². The molecule has 2 nitrogen and oxygen atoms in total. The molecule has 1 saturated heterocycles. The molecule has 0 radical (unpaired) electrons. The van der Waals surface area contributed by atoms with E-state index >= 15 is 0 Å². The van der Waals surface area contributed by atoms with Crippen LogP contribution in [0.3, 0.4) is 0 Å². The molecule has 1 aliphatic heterocycles. The average molecular weight is 240 g/mol. The molecule has 2 rings (SSSR count). The van der Waals surface area contributed by atoms with Gasteiger partial charge < -0.3 is 10.4 Å². The highest BCUT2D eigenvalue weighted by Crippen LogP contribution is 2.31. The van der Waals surface area contributed by atoms with Crippen LogP contribution in [0.15, 0.2) is 24.3 Å². The smallest absolute Gasteiger partial charge is 0.0744 e. The van der Waals surface area contributed by atoms with Gasteiger partial charge in [-0.2, -0.15) is 0 Å². The molecule has 88 valence electrons. The van der Waals surface area contributed by atoms with E-state index in [1.807, 2.05) is 32.0 Å². The zero-order valence-electron chi connectivity index (χ0n) is 9.70. The summed E-state index contributed by atoms with van der Waals surface area (Å²) in [6.45, 7) is 3.70. The maximum atomic E-state index is 9.95. The van der Waals surface area contributed by atoms with E-state index in [1.54, 1.807) is 0 Å². The zero-order valence-corrected chi connectivity index (χ0v) is 10.5. The van der Waals surface area contributed by atoms with Gasteiger partial charge in [0.05, 0.1) is 5.60 Å². The molecule has 1 aromatic carbocycles. The molecule has 1 aromatic rings. The Hall–Kier alpha value is -0.570. The van der Waals surface area contributed by atoms with Crippen LogP contribution < -0.4 is 5.32 Å². The normalized spacial score (nSPS) is 26.0. The lowest BCUT2D eigenvalue weighted by Crippen LogP contribution is -2.43. The first-order valence-corrected chi connectivity index (χ1v) is 6.08. The third-order valence-electron chi connectivity index (χ3n) is 3.25. The number of rotatable bonds is 2. The van der Waals surface area contributed by atoms with E-state index in [0.717, 1.165) is 17.9 Å². The molecule has 1 fully saturated rings. The number of nitrogens with one attached hydrogen (secondary N) is 1. The van der Waals surface area contributed by atoms with E-state index in [-0.39, 0.29) is 6.04 Å². The average Bonchev–Trinajstić information content (AvgIpc) is 2.65. The second-order valence-corrected chi connectivity index (χ2v) is 5.49. The van der Waals surface area contributed by atoms with Gasteiger partial charge in [0.1, 0.15) is 0 Å². The molecule has 0 aliphatic carbocycles. The predicted octanol–water partition coefficient (Wildman–Crippen LogP) is 2.90. The number of hydrogen-bond acceptors (Lipinski definition) is 2. The topological polar surface area (TPSA) is 32.3 Å². The molecule has 0 amide bonds. The SMILES string of the molecule is CC(C)(O)C1CC[C@@H](c2cccc(Cl)c2)N1. The van der Waals surface area contributed by atoms with Gasteiger partial charge >= 0.3 is 0 Å². The second-order valence-electron chi connectivity index (χ2n) is 5.06. The maximum absolute atomic E-state index is 9.95. The minimum atomic E-state index is -0.659. The Morgan fingerprint density at radius 1 is 1.38 bits per heavy atom. The van der Waals surface area contributed by atoms with Crippen molar-refractivity contribution in [3.05, 3.63) is 34.9 Å². The van der Waals surface area contributed by atoms with E-state index in [1.165, 1.54) is 5.56 Å². The Morgan fingerprint density at radius 3 is 2.69 bits per heavy atom. The van der Waals surface area contributed by atoms with Gasteiger partial charge in [0.2, 0.25) is 0 Å². The molecule has 3 heteroatoms. The summed E-state index contributed by atoms with van der Waals surface area (Å²) in [4.78, 5) is 0. The van der Waals surface area contributed by atoms with Crippen LogP contribution in [-0.2, 0) is 0 Å². The molecular formula is C13H18ClNO. The van der Waals surface area contributed by atoms with Crippen LogP contribution in [0.5, 0.6) is 0 Å². The maximum Gasteiger partial charge on any atom is 0.0744 e. The van der Waals surface area contributed by atoms with Crippen LogP contribution in [0.1, 0.15) is 38.3 Å². The largest absolute Gasteiger partial charge is 0.389 e. The number of aliphatic hydroxyl groups is 1. The predicted molar refractivity (Wildman–Crippen MR) is 66.6 cm³/mol. The van der Waals surface area contributed by atoms with Crippen molar-refractivity contribution >= 4 is 11.6 Å². The lowest BCUT2D eigenvalue weighted by atomic mass is 9.98. The Bertz CT molecular complexity index is 372. The first-order chi connectivity index (χ1) is 7.47. The standard InChI is InChI=1S/C13H18ClNO/c1-13(2,16)12-7-6-11(15-12)9-4-3-5-10(14)8-9/h3-5,8,11-12,15-16H,6-7H2,1-2H3/t11-,12?/m0/s1. The van der Waals surface area contributed by atoms with Gasteiger partial charge in [0.15, 0.2) is 0 Å². The van der Waals surface area contributed by atoms with Crippen molar-refractivity contribution in [3.8, 4) is 0 Å². The third-order valence-corrected chi connectivity index (χ3v) is 3.49. The summed E-state index contributed by atoms with van der Waals surface area (Å²) in [6.07, 6.45) is 2.05. The summed E-state index contributed by atoms with van der Waals surface area (Å²) < 4.78 is 0. The van der Waals surface area contributed by atoms with Gasteiger partial charge in [-0.05, 0) is 44.4 Å². The van der Waals surface area contributed by atoms with Crippen LogP contribution in [0.2, 0.25) is 5.02 Å². The molecule has 0 bridgehead atoms. The van der Waals surface area contributed by atoms with Crippen molar-refractivity contribution in [2.24, 2.45) is 0 Å². The van der Waals surface area contributed by atoms with Crippen molar-refractivity contribution in [1.82, 2.24) is 5.32 Å². The van der Waals surface area contributed by atoms with Crippen molar-refractivity contribution in [1.29, 1.82) is 0 Å². The molecule has 1 heterocycles. The van der Waals surface area contributed by atoms with E-state index in [2.05, 4.69) is 11.4 Å². The molecule has 16 heavy (non-hydrogen) atoms.